The van der Waals surface area contributed by atoms with Gasteiger partial charge in [-0.3, -0.25) is 0 Å². The molecule has 0 bridgehead atoms. The SMILES string of the molecule is CN1CCN(c2ccc(Nc3ncc(F)c(NC4CCCCC4)n3)cc2)CC1. The van der Waals surface area contributed by atoms with Crippen molar-refractivity contribution in [3.05, 3.63) is 36.3 Å². The van der Waals surface area contributed by atoms with Crippen LogP contribution in [0.4, 0.5) is 27.5 Å². The van der Waals surface area contributed by atoms with E-state index in [-0.39, 0.29) is 0 Å². The molecule has 0 unspecified atom stereocenters. The highest BCUT2D eigenvalue weighted by Gasteiger charge is 2.17. The Hall–Kier alpha value is -2.41. The predicted molar refractivity (Wildman–Crippen MR) is 112 cm³/mol. The molecule has 2 fully saturated rings. The van der Waals surface area contributed by atoms with E-state index in [1.165, 1.54) is 31.1 Å². The molecule has 1 aliphatic heterocycles. The number of halogens is 1. The van der Waals surface area contributed by atoms with Crippen LogP contribution in [-0.2, 0) is 0 Å². The van der Waals surface area contributed by atoms with Crippen LogP contribution in [0.1, 0.15) is 32.1 Å². The van der Waals surface area contributed by atoms with E-state index in [1.807, 2.05) is 12.1 Å². The van der Waals surface area contributed by atoms with Crippen molar-refractivity contribution in [3.63, 3.8) is 0 Å². The van der Waals surface area contributed by atoms with E-state index in [9.17, 15) is 4.39 Å². The van der Waals surface area contributed by atoms with E-state index in [1.54, 1.807) is 0 Å². The van der Waals surface area contributed by atoms with Gasteiger partial charge >= 0.3 is 0 Å². The minimum Gasteiger partial charge on any atom is -0.369 e. The van der Waals surface area contributed by atoms with Gasteiger partial charge in [-0.25, -0.2) is 9.37 Å². The molecule has 2 heterocycles. The summed E-state index contributed by atoms with van der Waals surface area (Å²) in [5, 5.41) is 6.44. The Morgan fingerprint density at radius 1 is 1.00 bits per heavy atom. The molecular weight excluding hydrogens is 355 g/mol. The third-order valence-corrected chi connectivity index (χ3v) is 5.68. The van der Waals surface area contributed by atoms with E-state index in [2.05, 4.69) is 49.6 Å². The highest BCUT2D eigenvalue weighted by molar-refractivity contribution is 5.60. The average Bonchev–Trinajstić information content (AvgIpc) is 2.73. The quantitative estimate of drug-likeness (QED) is 0.817. The Labute approximate surface area is 166 Å². The van der Waals surface area contributed by atoms with E-state index >= 15 is 0 Å². The Morgan fingerprint density at radius 2 is 1.71 bits per heavy atom. The van der Waals surface area contributed by atoms with Crippen molar-refractivity contribution in [1.29, 1.82) is 0 Å². The van der Waals surface area contributed by atoms with Gasteiger partial charge in [-0.2, -0.15) is 4.98 Å². The van der Waals surface area contributed by atoms with E-state index < -0.39 is 5.82 Å². The van der Waals surface area contributed by atoms with Crippen LogP contribution in [0.25, 0.3) is 0 Å². The molecule has 1 saturated heterocycles. The van der Waals surface area contributed by atoms with Gasteiger partial charge in [-0.15, -0.1) is 0 Å². The molecule has 0 spiro atoms. The molecular formula is C21H29FN6. The Balaban J connectivity index is 1.40. The lowest BCUT2D eigenvalue weighted by molar-refractivity contribution is 0.313. The summed E-state index contributed by atoms with van der Waals surface area (Å²) in [6.07, 6.45) is 7.02. The van der Waals surface area contributed by atoms with E-state index in [0.717, 1.165) is 44.7 Å². The molecule has 2 aliphatic rings. The highest BCUT2D eigenvalue weighted by Crippen LogP contribution is 2.24. The van der Waals surface area contributed by atoms with Crippen molar-refractivity contribution in [2.75, 3.05) is 48.8 Å². The smallest absolute Gasteiger partial charge is 0.229 e. The topological polar surface area (TPSA) is 56.3 Å². The van der Waals surface area contributed by atoms with Gasteiger partial charge in [-0.1, -0.05) is 19.3 Å². The molecule has 1 aromatic carbocycles. The second-order valence-electron chi connectivity index (χ2n) is 7.83. The maximum absolute atomic E-state index is 14.1. The van der Waals surface area contributed by atoms with Crippen LogP contribution in [0.3, 0.4) is 0 Å². The van der Waals surface area contributed by atoms with Gasteiger partial charge in [0.15, 0.2) is 11.6 Å². The average molecular weight is 385 g/mol. The van der Waals surface area contributed by atoms with Gasteiger partial charge in [0.25, 0.3) is 0 Å². The van der Waals surface area contributed by atoms with Crippen molar-refractivity contribution in [2.24, 2.45) is 0 Å². The number of nitrogens with zero attached hydrogens (tertiary/aromatic N) is 4. The number of benzene rings is 1. The number of piperazine rings is 1. The van der Waals surface area contributed by atoms with E-state index in [0.29, 0.717) is 17.8 Å². The molecule has 7 heteroatoms. The van der Waals surface area contributed by atoms with Crippen LogP contribution in [0.2, 0.25) is 0 Å². The van der Waals surface area contributed by atoms with Gasteiger partial charge < -0.3 is 20.4 Å². The molecule has 1 aliphatic carbocycles. The largest absolute Gasteiger partial charge is 0.369 e. The zero-order valence-corrected chi connectivity index (χ0v) is 16.5. The van der Waals surface area contributed by atoms with Crippen LogP contribution < -0.4 is 15.5 Å². The van der Waals surface area contributed by atoms with Crippen molar-refractivity contribution in [2.45, 2.75) is 38.1 Å². The highest BCUT2D eigenvalue weighted by atomic mass is 19.1. The Bertz CT molecular complexity index is 767. The predicted octanol–water partition coefficient (Wildman–Crippen LogP) is 3.86. The first-order valence-electron chi connectivity index (χ1n) is 10.3. The molecule has 0 amide bonds. The first-order valence-corrected chi connectivity index (χ1v) is 10.3. The molecule has 1 saturated carbocycles. The van der Waals surface area contributed by atoms with Crippen LogP contribution in [-0.4, -0.2) is 54.1 Å². The van der Waals surface area contributed by atoms with Gasteiger partial charge in [-0.05, 0) is 44.2 Å². The summed E-state index contributed by atoms with van der Waals surface area (Å²) in [4.78, 5) is 13.2. The third kappa shape index (κ3) is 4.70. The fourth-order valence-electron chi connectivity index (χ4n) is 3.92. The molecule has 6 nitrogen and oxygen atoms in total. The summed E-state index contributed by atoms with van der Waals surface area (Å²) >= 11 is 0. The number of nitrogens with one attached hydrogen (secondary N) is 2. The van der Waals surface area contributed by atoms with Gasteiger partial charge in [0.2, 0.25) is 5.95 Å². The summed E-state index contributed by atoms with van der Waals surface area (Å²) in [6.45, 7) is 4.25. The lowest BCUT2D eigenvalue weighted by atomic mass is 9.95. The number of aromatic nitrogens is 2. The number of hydrogen-bond donors (Lipinski definition) is 2. The minimum atomic E-state index is -0.401. The van der Waals surface area contributed by atoms with Crippen molar-refractivity contribution < 1.29 is 4.39 Å². The molecule has 28 heavy (non-hydrogen) atoms. The number of anilines is 4. The van der Waals surface area contributed by atoms with Gasteiger partial charge in [0, 0.05) is 43.6 Å². The van der Waals surface area contributed by atoms with Gasteiger partial charge in [0.05, 0.1) is 6.20 Å². The first-order chi connectivity index (χ1) is 13.7. The zero-order chi connectivity index (χ0) is 19.3. The second-order valence-corrected chi connectivity index (χ2v) is 7.83. The normalized spacial score (nSPS) is 18.9. The molecule has 0 atom stereocenters. The zero-order valence-electron chi connectivity index (χ0n) is 16.5. The second kappa shape index (κ2) is 8.73. The molecule has 2 N–H and O–H groups in total. The number of likely N-dealkylation sites (N-methyl/N-ethyl adjacent to an activating group) is 1. The Morgan fingerprint density at radius 3 is 2.43 bits per heavy atom. The first kappa shape index (κ1) is 18.9. The third-order valence-electron chi connectivity index (χ3n) is 5.68. The minimum absolute atomic E-state index is 0.290. The molecule has 1 aromatic heterocycles. The fraction of sp³-hybridized carbons (Fsp3) is 0.524. The molecule has 4 rings (SSSR count). The number of rotatable bonds is 5. The molecule has 150 valence electrons. The Kier molecular flexibility index (Phi) is 5.90. The van der Waals surface area contributed by atoms with Gasteiger partial charge in [0.1, 0.15) is 0 Å². The summed E-state index contributed by atoms with van der Waals surface area (Å²) in [6, 6.07) is 8.56. The standard InChI is InChI=1S/C21H29FN6/c1-27-11-13-28(14-12-27)18-9-7-17(8-10-18)25-21-23-15-19(22)20(26-21)24-16-5-3-2-4-6-16/h7-10,15-16H,2-6,11-14H2,1H3,(H2,23,24,25,26). The number of hydrogen-bond acceptors (Lipinski definition) is 6. The maximum atomic E-state index is 14.1. The van der Waals surface area contributed by atoms with E-state index in [4.69, 9.17) is 0 Å². The fourth-order valence-corrected chi connectivity index (χ4v) is 3.92. The monoisotopic (exact) mass is 384 g/mol. The summed E-state index contributed by atoms with van der Waals surface area (Å²) in [5.41, 5.74) is 2.12. The van der Waals surface area contributed by atoms with Crippen LogP contribution >= 0.6 is 0 Å². The molecule has 0 radical (unpaired) electrons. The lowest BCUT2D eigenvalue weighted by Crippen LogP contribution is -2.44. The molecule has 2 aromatic rings. The van der Waals surface area contributed by atoms with Crippen LogP contribution in [0, 0.1) is 5.82 Å². The van der Waals surface area contributed by atoms with Crippen molar-refractivity contribution in [1.82, 2.24) is 14.9 Å². The summed E-state index contributed by atoms with van der Waals surface area (Å²) in [7, 11) is 2.16. The van der Waals surface area contributed by atoms with Crippen molar-refractivity contribution >= 4 is 23.1 Å². The van der Waals surface area contributed by atoms with Crippen molar-refractivity contribution in [3.8, 4) is 0 Å². The lowest BCUT2D eigenvalue weighted by Gasteiger charge is -2.34. The maximum Gasteiger partial charge on any atom is 0.229 e. The van der Waals surface area contributed by atoms with Crippen LogP contribution in [0.15, 0.2) is 30.5 Å². The summed E-state index contributed by atoms with van der Waals surface area (Å²) < 4.78 is 14.1. The summed E-state index contributed by atoms with van der Waals surface area (Å²) in [5.74, 6) is 0.298. The van der Waals surface area contributed by atoms with Crippen LogP contribution in [0.5, 0.6) is 0 Å².